The predicted molar refractivity (Wildman–Crippen MR) is 193 cm³/mol. The van der Waals surface area contributed by atoms with Crippen molar-refractivity contribution < 1.29 is 9.18 Å². The normalized spacial score (nSPS) is 25.5. The molecule has 11 rings (SSSR count). The summed E-state index contributed by atoms with van der Waals surface area (Å²) in [5.41, 5.74) is 5.56. The lowest BCUT2D eigenvalue weighted by Gasteiger charge is -2.39. The summed E-state index contributed by atoms with van der Waals surface area (Å²) in [6.07, 6.45) is 8.63. The number of pyridine rings is 1. The fourth-order valence-electron chi connectivity index (χ4n) is 9.23. The number of aryl methyl sites for hydroxylation is 2. The van der Waals surface area contributed by atoms with Crippen molar-refractivity contribution in [3.63, 3.8) is 0 Å². The van der Waals surface area contributed by atoms with Crippen LogP contribution < -0.4 is 5.32 Å². The summed E-state index contributed by atoms with van der Waals surface area (Å²) in [6, 6.07) is 12.0. The van der Waals surface area contributed by atoms with Gasteiger partial charge in [0.1, 0.15) is 5.52 Å². The summed E-state index contributed by atoms with van der Waals surface area (Å²) in [4.78, 5) is 21.1. The van der Waals surface area contributed by atoms with E-state index in [9.17, 15) is 10.1 Å². The number of amides is 1. The molecule has 51 heavy (non-hydrogen) atoms. The Bertz CT molecular complexity index is 2310. The van der Waals surface area contributed by atoms with Crippen molar-refractivity contribution in [2.75, 3.05) is 13.1 Å². The average molecular weight is 724 g/mol. The first kappa shape index (κ1) is 31.7. The van der Waals surface area contributed by atoms with Gasteiger partial charge in [0.15, 0.2) is 5.82 Å². The maximum atomic E-state index is 17.2. The fraction of sp³-hybridized carbons (Fsp3) is 0.462. The summed E-state index contributed by atoms with van der Waals surface area (Å²) in [7, 11) is 0. The van der Waals surface area contributed by atoms with Gasteiger partial charge in [-0.1, -0.05) is 40.5 Å². The number of rotatable bonds is 8. The second-order valence-corrected chi connectivity index (χ2v) is 16.1. The molecule has 1 N–H and O–H groups in total. The van der Waals surface area contributed by atoms with Crippen LogP contribution in [0.5, 0.6) is 0 Å². The Kier molecular flexibility index (Phi) is 7.29. The third-order valence-electron chi connectivity index (χ3n) is 12.2. The molecule has 3 aromatic heterocycles. The van der Waals surface area contributed by atoms with Crippen LogP contribution in [0.15, 0.2) is 36.5 Å². The highest BCUT2D eigenvalue weighted by Gasteiger charge is 2.51. The van der Waals surface area contributed by atoms with Crippen LogP contribution in [-0.2, 0) is 11.2 Å². The van der Waals surface area contributed by atoms with Crippen molar-refractivity contribution in [1.29, 1.82) is 5.26 Å². The van der Waals surface area contributed by atoms with E-state index in [2.05, 4.69) is 43.4 Å². The van der Waals surface area contributed by atoms with E-state index in [1.807, 2.05) is 17.7 Å². The number of carbonyl (C=O) groups is 1. The summed E-state index contributed by atoms with van der Waals surface area (Å²) < 4.78 is 21.6. The largest absolute Gasteiger partial charge is 0.337 e. The van der Waals surface area contributed by atoms with E-state index in [1.54, 1.807) is 18.2 Å². The lowest BCUT2D eigenvalue weighted by atomic mass is 9.79. The molecule has 1 amide bonds. The van der Waals surface area contributed by atoms with Crippen molar-refractivity contribution in [1.82, 2.24) is 34.8 Å². The Balaban J connectivity index is 1.19. The van der Waals surface area contributed by atoms with Crippen LogP contribution in [-0.4, -0.2) is 54.5 Å². The van der Waals surface area contributed by atoms with Gasteiger partial charge < -0.3 is 14.8 Å². The molecular weight excluding hydrogens is 686 g/mol. The number of nitrogens with zero attached hydrogens (tertiary/aromatic N) is 7. The molecule has 0 spiro atoms. The molecule has 5 aromatic rings. The Labute approximate surface area is 304 Å². The zero-order chi connectivity index (χ0) is 34.7. The number of benzene rings is 2. The molecule has 2 aromatic carbocycles. The zero-order valence-electron chi connectivity index (χ0n) is 28.2. The van der Waals surface area contributed by atoms with E-state index in [4.69, 9.17) is 28.2 Å². The van der Waals surface area contributed by atoms with Gasteiger partial charge in [-0.15, -0.1) is 5.10 Å². The van der Waals surface area contributed by atoms with E-state index in [-0.39, 0.29) is 46.9 Å². The van der Waals surface area contributed by atoms with Crippen molar-refractivity contribution in [2.24, 2.45) is 11.8 Å². The van der Waals surface area contributed by atoms with Gasteiger partial charge in [-0.25, -0.2) is 14.1 Å². The molecular formula is C39H37Cl2FN8O. The van der Waals surface area contributed by atoms with Crippen LogP contribution in [0.3, 0.4) is 0 Å². The number of fused-ring (bicyclic) bond motifs is 4. The monoisotopic (exact) mass is 722 g/mol. The van der Waals surface area contributed by atoms with E-state index in [1.165, 1.54) is 0 Å². The van der Waals surface area contributed by atoms with E-state index >= 15 is 4.39 Å². The molecule has 6 fully saturated rings. The summed E-state index contributed by atoms with van der Waals surface area (Å²) in [5, 5.41) is 24.7. The standard InChI is InChI=1S/C39H37Cl2FN8O/c1-19-26-15-32(31-14-24(17-48(31)39(51)21-9-10-21)49-18-30(46-47-49)20-7-8-20)50(37-23-13-29(37)44-16-23)38(26)27-12-22(4-3-11-43)33(35(42)36(27)45-19)25-5-2-6-28(40)34(25)41/h2,5-6,12,15,18,20-21,23-24,29,31,37,44H,3-4,7-10,13-14,16-17H2,1H3/t23-,24+,29-,31-,37+/m1/s1. The first-order chi connectivity index (χ1) is 24.8. The summed E-state index contributed by atoms with van der Waals surface area (Å²) in [6.45, 7) is 3.45. The summed E-state index contributed by atoms with van der Waals surface area (Å²) >= 11 is 13.1. The van der Waals surface area contributed by atoms with Crippen LogP contribution in [0.1, 0.15) is 91.6 Å². The Morgan fingerprint density at radius 3 is 2.71 bits per heavy atom. The molecule has 9 nitrogen and oxygen atoms in total. The lowest BCUT2D eigenvalue weighted by Crippen LogP contribution is -2.41. The van der Waals surface area contributed by atoms with Crippen molar-refractivity contribution in [2.45, 2.75) is 88.4 Å². The topological polar surface area (TPSA) is 105 Å². The fourth-order valence-corrected chi connectivity index (χ4v) is 9.62. The third kappa shape index (κ3) is 4.95. The molecule has 0 unspecified atom stereocenters. The van der Waals surface area contributed by atoms with Crippen molar-refractivity contribution >= 4 is 50.9 Å². The predicted octanol–water partition coefficient (Wildman–Crippen LogP) is 7.99. The molecule has 12 heteroatoms. The van der Waals surface area contributed by atoms with Crippen LogP contribution >= 0.6 is 23.2 Å². The number of hydrogen-bond donors (Lipinski definition) is 1. The smallest absolute Gasteiger partial charge is 0.226 e. The van der Waals surface area contributed by atoms with Gasteiger partial charge >= 0.3 is 0 Å². The number of aromatic nitrogens is 5. The number of carbonyl (C=O) groups excluding carboxylic acids is 1. The maximum absolute atomic E-state index is 17.2. The minimum Gasteiger partial charge on any atom is -0.337 e. The molecule has 0 radical (unpaired) electrons. The second kappa shape index (κ2) is 11.7. The van der Waals surface area contributed by atoms with Gasteiger partial charge in [0.25, 0.3) is 0 Å². The van der Waals surface area contributed by atoms with Gasteiger partial charge in [-0.2, -0.15) is 5.26 Å². The minimum absolute atomic E-state index is 0.0106. The number of halogens is 3. The number of nitriles is 1. The van der Waals surface area contributed by atoms with E-state index in [0.29, 0.717) is 57.9 Å². The molecule has 2 bridgehead atoms. The van der Waals surface area contributed by atoms with Crippen LogP contribution in [0.4, 0.5) is 4.39 Å². The van der Waals surface area contributed by atoms with Gasteiger partial charge in [0, 0.05) is 76.9 Å². The maximum Gasteiger partial charge on any atom is 0.226 e. The molecule has 3 saturated heterocycles. The van der Waals surface area contributed by atoms with E-state index < -0.39 is 5.82 Å². The van der Waals surface area contributed by atoms with E-state index in [0.717, 1.165) is 73.1 Å². The number of nitrogens with one attached hydrogen (secondary N) is 1. The highest BCUT2D eigenvalue weighted by atomic mass is 35.5. The third-order valence-corrected chi connectivity index (χ3v) is 13.0. The quantitative estimate of drug-likeness (QED) is 0.174. The van der Waals surface area contributed by atoms with Crippen LogP contribution in [0, 0.1) is 35.9 Å². The van der Waals surface area contributed by atoms with Crippen LogP contribution in [0.25, 0.3) is 32.9 Å². The molecule has 260 valence electrons. The minimum atomic E-state index is -0.470. The lowest BCUT2D eigenvalue weighted by molar-refractivity contribution is -0.133. The molecule has 3 saturated carbocycles. The first-order valence-electron chi connectivity index (χ1n) is 18.2. The molecule has 5 atom stereocenters. The average Bonchev–Trinajstić information content (AvgIpc) is 3.82. The van der Waals surface area contributed by atoms with Gasteiger partial charge in [-0.3, -0.25) is 4.79 Å². The number of hydrogen-bond acceptors (Lipinski definition) is 6. The molecule has 3 aliphatic heterocycles. The SMILES string of the molecule is Cc1nc2c(F)c(-c3cccc(Cl)c3Cl)c(CCC#N)cc2c2c1cc([C@H]1C[C@H](n3cc(C4CC4)nn3)CN1C(=O)C1CC1)n2[C@H]1[C@H]2CN[C@@H]1C2. The summed E-state index contributed by atoms with van der Waals surface area (Å²) in [5.74, 6) is 0.747. The second-order valence-electron chi connectivity index (χ2n) is 15.3. The zero-order valence-corrected chi connectivity index (χ0v) is 29.8. The van der Waals surface area contributed by atoms with Gasteiger partial charge in [0.05, 0.1) is 45.5 Å². The highest BCUT2D eigenvalue weighted by molar-refractivity contribution is 6.43. The molecule has 3 aliphatic carbocycles. The highest BCUT2D eigenvalue weighted by Crippen LogP contribution is 2.52. The Morgan fingerprint density at radius 1 is 1.14 bits per heavy atom. The number of likely N-dealkylation sites (tertiary alicyclic amines) is 1. The van der Waals surface area contributed by atoms with Gasteiger partial charge in [-0.05, 0) is 81.5 Å². The van der Waals surface area contributed by atoms with Gasteiger partial charge in [0.2, 0.25) is 5.91 Å². The Hall–Kier alpha value is -4.04. The Morgan fingerprint density at radius 2 is 1.98 bits per heavy atom. The van der Waals surface area contributed by atoms with Crippen LogP contribution in [0.2, 0.25) is 10.0 Å². The first-order valence-corrected chi connectivity index (χ1v) is 19.0. The molecule has 6 heterocycles. The van der Waals surface area contributed by atoms with Crippen molar-refractivity contribution in [3.8, 4) is 17.2 Å². The molecule has 6 aliphatic rings. The van der Waals surface area contributed by atoms with Crippen molar-refractivity contribution in [3.05, 3.63) is 75.0 Å².